The minimum absolute atomic E-state index is 0.197. The van der Waals surface area contributed by atoms with Crippen molar-refractivity contribution >= 4 is 23.5 Å². The van der Waals surface area contributed by atoms with Crippen molar-refractivity contribution in [2.75, 3.05) is 20.2 Å². The molecule has 1 unspecified atom stereocenters. The van der Waals surface area contributed by atoms with E-state index < -0.39 is 0 Å². The zero-order chi connectivity index (χ0) is 15.0. The first-order valence-electron chi connectivity index (χ1n) is 6.74. The number of esters is 1. The molecule has 2 aliphatic rings. The van der Waals surface area contributed by atoms with Crippen molar-refractivity contribution in [3.8, 4) is 0 Å². The van der Waals surface area contributed by atoms with Gasteiger partial charge in [-0.2, -0.15) is 0 Å². The lowest BCUT2D eigenvalue weighted by atomic mass is 9.94. The Kier molecular flexibility index (Phi) is 3.59. The van der Waals surface area contributed by atoms with E-state index in [1.54, 1.807) is 0 Å². The highest BCUT2D eigenvalue weighted by molar-refractivity contribution is 6.30. The predicted molar refractivity (Wildman–Crippen MR) is 81.1 cm³/mol. The normalized spacial score (nSPS) is 20.8. The maximum Gasteiger partial charge on any atom is 0.337 e. The summed E-state index contributed by atoms with van der Waals surface area (Å²) < 4.78 is 4.95. The van der Waals surface area contributed by atoms with Gasteiger partial charge in [0.25, 0.3) is 0 Å². The van der Waals surface area contributed by atoms with Crippen LogP contribution in [0.3, 0.4) is 0 Å². The van der Waals surface area contributed by atoms with Gasteiger partial charge >= 0.3 is 5.97 Å². The van der Waals surface area contributed by atoms with Crippen LogP contribution in [0.25, 0.3) is 0 Å². The summed E-state index contributed by atoms with van der Waals surface area (Å²) in [6, 6.07) is 7.33. The lowest BCUT2D eigenvalue weighted by Crippen LogP contribution is -2.47. The van der Waals surface area contributed by atoms with E-state index in [1.807, 2.05) is 31.2 Å². The summed E-state index contributed by atoms with van der Waals surface area (Å²) in [6.45, 7) is 3.35. The van der Waals surface area contributed by atoms with Crippen molar-refractivity contribution in [2.45, 2.75) is 13.0 Å². The van der Waals surface area contributed by atoms with E-state index in [0.29, 0.717) is 17.1 Å². The van der Waals surface area contributed by atoms with Gasteiger partial charge in [0, 0.05) is 17.3 Å². The van der Waals surface area contributed by atoms with Crippen LogP contribution in [0.1, 0.15) is 18.5 Å². The number of guanidine groups is 1. The second-order valence-corrected chi connectivity index (χ2v) is 5.44. The number of methoxy groups -OCH3 is 1. The number of allylic oxidation sites excluding steroid dienone is 1. The fourth-order valence-corrected chi connectivity index (χ4v) is 2.91. The number of rotatable bonds is 2. The van der Waals surface area contributed by atoms with Crippen LogP contribution in [0, 0.1) is 0 Å². The molecule has 5 nitrogen and oxygen atoms in total. The molecule has 0 saturated heterocycles. The molecule has 2 aliphatic heterocycles. The van der Waals surface area contributed by atoms with Crippen LogP contribution in [0.4, 0.5) is 0 Å². The van der Waals surface area contributed by atoms with Crippen LogP contribution in [0.2, 0.25) is 5.02 Å². The molecule has 0 aliphatic carbocycles. The average Bonchev–Trinajstić information content (AvgIpc) is 2.94. The number of carbonyl (C=O) groups excluding carboxylic acids is 1. The van der Waals surface area contributed by atoms with Gasteiger partial charge in [0.05, 0.1) is 25.3 Å². The summed E-state index contributed by atoms with van der Waals surface area (Å²) in [5.74, 6) is 0.478. The van der Waals surface area contributed by atoms with E-state index in [2.05, 4.69) is 15.2 Å². The largest absolute Gasteiger partial charge is 0.466 e. The molecule has 1 aromatic carbocycles. The Morgan fingerprint density at radius 2 is 2.14 bits per heavy atom. The van der Waals surface area contributed by atoms with Gasteiger partial charge in [-0.1, -0.05) is 23.7 Å². The number of benzene rings is 1. The standard InChI is InChI=1S/C15H16ClN3O2/c1-9-12(14(20)21-2)13(10-3-5-11(16)6-4-10)19-8-7-17-15(19)18-9/h3-6,13H,7-8H2,1-2H3,(H,17,18). The first-order chi connectivity index (χ1) is 10.1. The molecule has 21 heavy (non-hydrogen) atoms. The van der Waals surface area contributed by atoms with Crippen molar-refractivity contribution in [3.63, 3.8) is 0 Å². The summed E-state index contributed by atoms with van der Waals surface area (Å²) >= 11 is 5.96. The molecule has 3 rings (SSSR count). The third kappa shape index (κ3) is 2.38. The molecule has 0 amide bonds. The van der Waals surface area contributed by atoms with Crippen LogP contribution in [0.5, 0.6) is 0 Å². The fraction of sp³-hybridized carbons (Fsp3) is 0.333. The third-order valence-corrected chi connectivity index (χ3v) is 4.01. The fourth-order valence-electron chi connectivity index (χ4n) is 2.79. The van der Waals surface area contributed by atoms with Crippen molar-refractivity contribution in [2.24, 2.45) is 4.99 Å². The maximum absolute atomic E-state index is 12.2. The highest BCUT2D eigenvalue weighted by Gasteiger charge is 2.38. The van der Waals surface area contributed by atoms with Crippen molar-refractivity contribution in [3.05, 3.63) is 46.1 Å². The third-order valence-electron chi connectivity index (χ3n) is 3.75. The quantitative estimate of drug-likeness (QED) is 0.850. The first kappa shape index (κ1) is 13.9. The molecule has 0 saturated carbocycles. The number of nitrogens with one attached hydrogen (secondary N) is 1. The summed E-state index contributed by atoms with van der Waals surface area (Å²) in [5.41, 5.74) is 2.38. The van der Waals surface area contributed by atoms with E-state index in [0.717, 1.165) is 23.8 Å². The molecular formula is C15H16ClN3O2. The molecule has 0 bridgehead atoms. The van der Waals surface area contributed by atoms with E-state index in [1.165, 1.54) is 7.11 Å². The van der Waals surface area contributed by atoms with Gasteiger partial charge in [-0.05, 0) is 24.6 Å². The Bertz CT molecular complexity index is 637. The van der Waals surface area contributed by atoms with E-state index in [-0.39, 0.29) is 12.0 Å². The van der Waals surface area contributed by atoms with Gasteiger partial charge in [0.15, 0.2) is 5.96 Å². The number of hydrogen-bond donors (Lipinski definition) is 1. The number of aliphatic imine (C=N–C) groups is 1. The summed E-state index contributed by atoms with van der Waals surface area (Å²) in [7, 11) is 1.40. The van der Waals surface area contributed by atoms with Gasteiger partial charge in [-0.15, -0.1) is 0 Å². The smallest absolute Gasteiger partial charge is 0.337 e. The van der Waals surface area contributed by atoms with Gasteiger partial charge in [0.2, 0.25) is 0 Å². The lowest BCUT2D eigenvalue weighted by Gasteiger charge is -2.37. The molecule has 0 fully saturated rings. The molecule has 1 aromatic rings. The van der Waals surface area contributed by atoms with Gasteiger partial charge < -0.3 is 15.0 Å². The zero-order valence-corrected chi connectivity index (χ0v) is 12.6. The maximum atomic E-state index is 12.2. The minimum atomic E-state index is -0.328. The summed E-state index contributed by atoms with van der Waals surface area (Å²) in [4.78, 5) is 18.7. The second kappa shape index (κ2) is 5.41. The van der Waals surface area contributed by atoms with Crippen molar-refractivity contribution < 1.29 is 9.53 Å². The molecule has 6 heteroatoms. The zero-order valence-electron chi connectivity index (χ0n) is 11.9. The van der Waals surface area contributed by atoms with E-state index in [9.17, 15) is 4.79 Å². The lowest BCUT2D eigenvalue weighted by molar-refractivity contribution is -0.137. The number of fused-ring (bicyclic) bond motifs is 1. The molecule has 110 valence electrons. The molecule has 1 atom stereocenters. The highest BCUT2D eigenvalue weighted by atomic mass is 35.5. The number of carbonyl (C=O) groups is 1. The average molecular weight is 306 g/mol. The number of ether oxygens (including phenoxy) is 1. The topological polar surface area (TPSA) is 53.9 Å². The first-order valence-corrected chi connectivity index (χ1v) is 7.12. The molecule has 0 aromatic heterocycles. The Labute approximate surface area is 128 Å². The highest BCUT2D eigenvalue weighted by Crippen LogP contribution is 2.35. The molecule has 2 heterocycles. The Morgan fingerprint density at radius 3 is 2.81 bits per heavy atom. The molecule has 1 N–H and O–H groups in total. The monoisotopic (exact) mass is 305 g/mol. The van der Waals surface area contributed by atoms with Crippen LogP contribution in [-0.2, 0) is 9.53 Å². The molecule has 0 spiro atoms. The van der Waals surface area contributed by atoms with E-state index >= 15 is 0 Å². The van der Waals surface area contributed by atoms with Crippen LogP contribution in [-0.4, -0.2) is 37.0 Å². The minimum Gasteiger partial charge on any atom is -0.466 e. The Hall–Kier alpha value is -2.01. The van der Waals surface area contributed by atoms with Crippen molar-refractivity contribution in [1.29, 1.82) is 0 Å². The van der Waals surface area contributed by atoms with Gasteiger partial charge in [-0.25, -0.2) is 4.79 Å². The summed E-state index contributed by atoms with van der Waals surface area (Å²) in [5, 5.41) is 3.85. The molecular weight excluding hydrogens is 290 g/mol. The Morgan fingerprint density at radius 1 is 1.43 bits per heavy atom. The number of hydrogen-bond acceptors (Lipinski definition) is 5. The Balaban J connectivity index is 2.10. The van der Waals surface area contributed by atoms with Crippen LogP contribution >= 0.6 is 11.6 Å². The summed E-state index contributed by atoms with van der Waals surface area (Å²) in [6.07, 6.45) is 0. The van der Waals surface area contributed by atoms with Crippen molar-refractivity contribution in [1.82, 2.24) is 10.2 Å². The number of nitrogens with zero attached hydrogens (tertiary/aromatic N) is 2. The second-order valence-electron chi connectivity index (χ2n) is 5.01. The molecule has 0 radical (unpaired) electrons. The van der Waals surface area contributed by atoms with Crippen LogP contribution < -0.4 is 5.32 Å². The predicted octanol–water partition coefficient (Wildman–Crippen LogP) is 2.10. The number of halogens is 1. The van der Waals surface area contributed by atoms with Gasteiger partial charge in [0.1, 0.15) is 0 Å². The van der Waals surface area contributed by atoms with Gasteiger partial charge in [-0.3, -0.25) is 4.99 Å². The van der Waals surface area contributed by atoms with E-state index in [4.69, 9.17) is 16.3 Å². The van der Waals surface area contributed by atoms with Crippen LogP contribution in [0.15, 0.2) is 40.5 Å². The SMILES string of the molecule is COC(=O)C1=C(C)NC2=NCCN2C1c1ccc(Cl)cc1.